The molecule has 1 amide bonds. The van der Waals surface area contributed by atoms with E-state index in [1.165, 1.54) is 48.6 Å². The molecule has 2 aromatic carbocycles. The van der Waals surface area contributed by atoms with Crippen LogP contribution in [0.3, 0.4) is 0 Å². The predicted molar refractivity (Wildman–Crippen MR) is 108 cm³/mol. The van der Waals surface area contributed by atoms with Crippen LogP contribution in [0.2, 0.25) is 0 Å². The molecule has 0 radical (unpaired) electrons. The van der Waals surface area contributed by atoms with Crippen LogP contribution in [0.5, 0.6) is 23.0 Å². The Balaban J connectivity index is 1.90. The summed E-state index contributed by atoms with van der Waals surface area (Å²) in [6.07, 6.45) is 4.57. The summed E-state index contributed by atoms with van der Waals surface area (Å²) in [5.74, 6) is -4.51. The number of amides is 1. The van der Waals surface area contributed by atoms with Crippen LogP contribution in [0.25, 0.3) is 12.2 Å². The van der Waals surface area contributed by atoms with Crippen molar-refractivity contribution in [2.75, 3.05) is 6.61 Å². The Hall–Kier alpha value is -4.47. The van der Waals surface area contributed by atoms with Gasteiger partial charge in [0.1, 0.15) is 6.61 Å². The minimum absolute atomic E-state index is 0.323. The van der Waals surface area contributed by atoms with Gasteiger partial charge in [-0.05, 0) is 47.5 Å². The van der Waals surface area contributed by atoms with Crippen molar-refractivity contribution in [3.05, 3.63) is 59.7 Å². The molecule has 10 nitrogen and oxygen atoms in total. The van der Waals surface area contributed by atoms with E-state index in [1.807, 2.05) is 0 Å². The number of esters is 1. The second kappa shape index (κ2) is 10.3. The van der Waals surface area contributed by atoms with Crippen molar-refractivity contribution in [1.29, 1.82) is 0 Å². The molecule has 0 saturated heterocycles. The van der Waals surface area contributed by atoms with E-state index in [2.05, 4.69) is 5.32 Å². The number of ether oxygens (including phenoxy) is 1. The van der Waals surface area contributed by atoms with Crippen molar-refractivity contribution in [2.45, 2.75) is 6.04 Å². The number of hydrogen-bond acceptors (Lipinski definition) is 8. The highest BCUT2D eigenvalue weighted by Gasteiger charge is 2.20. The largest absolute Gasteiger partial charge is 0.504 e. The zero-order valence-electron chi connectivity index (χ0n) is 15.9. The first kappa shape index (κ1) is 22.8. The van der Waals surface area contributed by atoms with Gasteiger partial charge in [-0.3, -0.25) is 4.79 Å². The quantitative estimate of drug-likeness (QED) is 0.206. The Bertz CT molecular complexity index is 1040. The number of carbonyl (C=O) groups is 3. The maximum atomic E-state index is 11.9. The van der Waals surface area contributed by atoms with E-state index in [0.29, 0.717) is 11.1 Å². The summed E-state index contributed by atoms with van der Waals surface area (Å²) >= 11 is 0. The lowest BCUT2D eigenvalue weighted by Crippen LogP contribution is -2.43. The highest BCUT2D eigenvalue weighted by atomic mass is 16.5. The second-order valence-corrected chi connectivity index (χ2v) is 6.19. The summed E-state index contributed by atoms with van der Waals surface area (Å²) in [6.45, 7) is -0.640. The summed E-state index contributed by atoms with van der Waals surface area (Å²) in [5.41, 5.74) is 0.773. The van der Waals surface area contributed by atoms with E-state index in [9.17, 15) is 39.9 Å². The molecule has 0 heterocycles. The zero-order chi connectivity index (χ0) is 23.0. The van der Waals surface area contributed by atoms with Crippen LogP contribution in [0, 0.1) is 0 Å². The van der Waals surface area contributed by atoms with Crippen LogP contribution < -0.4 is 5.32 Å². The van der Waals surface area contributed by atoms with E-state index in [4.69, 9.17) is 4.74 Å². The van der Waals surface area contributed by atoms with Crippen LogP contribution in [0.1, 0.15) is 11.1 Å². The van der Waals surface area contributed by atoms with Crippen LogP contribution in [0.4, 0.5) is 0 Å². The Morgan fingerprint density at radius 1 is 0.839 bits per heavy atom. The van der Waals surface area contributed by atoms with E-state index in [0.717, 1.165) is 12.2 Å². The van der Waals surface area contributed by atoms with Gasteiger partial charge in [0.15, 0.2) is 29.0 Å². The summed E-state index contributed by atoms with van der Waals surface area (Å²) < 4.78 is 4.82. The molecule has 0 aliphatic rings. The normalized spacial score (nSPS) is 12.0. The SMILES string of the molecule is O=C(C=Cc1ccc(O)c(O)c1)NC(COC(=O)C=Cc1ccc(O)c(O)c1)C(=O)O. The third-order valence-corrected chi connectivity index (χ3v) is 3.84. The number of carboxylic acids is 1. The van der Waals surface area contributed by atoms with Crippen LogP contribution in [0.15, 0.2) is 48.6 Å². The van der Waals surface area contributed by atoms with E-state index in [1.54, 1.807) is 0 Å². The molecule has 0 bridgehead atoms. The molecule has 162 valence electrons. The van der Waals surface area contributed by atoms with Crippen molar-refractivity contribution in [3.63, 3.8) is 0 Å². The van der Waals surface area contributed by atoms with E-state index in [-0.39, 0.29) is 23.0 Å². The lowest BCUT2D eigenvalue weighted by molar-refractivity contribution is -0.147. The maximum Gasteiger partial charge on any atom is 0.330 e. The Morgan fingerprint density at radius 3 is 1.84 bits per heavy atom. The Kier molecular flexibility index (Phi) is 7.62. The van der Waals surface area contributed by atoms with Crippen molar-refractivity contribution < 1.29 is 44.7 Å². The number of benzene rings is 2. The molecule has 1 unspecified atom stereocenters. The van der Waals surface area contributed by atoms with Crippen molar-refractivity contribution in [1.82, 2.24) is 5.32 Å². The predicted octanol–water partition coefficient (Wildman–Crippen LogP) is 1.35. The molecular weight excluding hydrogens is 410 g/mol. The van der Waals surface area contributed by atoms with Gasteiger partial charge in [-0.15, -0.1) is 0 Å². The van der Waals surface area contributed by atoms with Gasteiger partial charge in [-0.1, -0.05) is 12.1 Å². The standard InChI is InChI=1S/C21H19NO9/c23-15-5-1-12(9-17(15)25)3-7-19(27)22-14(21(29)30)11-31-20(28)8-4-13-2-6-16(24)18(26)10-13/h1-10,14,23-26H,11H2,(H,22,27)(H,29,30). The van der Waals surface area contributed by atoms with Gasteiger partial charge in [0.25, 0.3) is 0 Å². The zero-order valence-corrected chi connectivity index (χ0v) is 15.9. The lowest BCUT2D eigenvalue weighted by atomic mass is 10.2. The molecule has 10 heteroatoms. The third kappa shape index (κ3) is 7.13. The van der Waals surface area contributed by atoms with Crippen molar-refractivity contribution in [2.24, 2.45) is 0 Å². The number of carboxylic acid groups (broad SMARTS) is 1. The molecule has 0 fully saturated rings. The average molecular weight is 429 g/mol. The number of aliphatic carboxylic acids is 1. The number of phenols is 4. The minimum atomic E-state index is -1.51. The molecule has 1 atom stereocenters. The topological polar surface area (TPSA) is 174 Å². The summed E-state index contributed by atoms with van der Waals surface area (Å²) in [4.78, 5) is 35.0. The van der Waals surface area contributed by atoms with E-state index < -0.39 is 30.5 Å². The van der Waals surface area contributed by atoms with Gasteiger partial charge in [0.2, 0.25) is 5.91 Å². The molecule has 0 aromatic heterocycles. The molecule has 0 aliphatic heterocycles. The molecule has 2 rings (SSSR count). The number of aromatic hydroxyl groups is 4. The summed E-state index contributed by atoms with van der Waals surface area (Å²) in [5, 5.41) is 48.6. The first-order valence-corrected chi connectivity index (χ1v) is 8.76. The molecule has 31 heavy (non-hydrogen) atoms. The summed E-state index contributed by atoms with van der Waals surface area (Å²) in [6, 6.07) is 6.20. The van der Waals surface area contributed by atoms with Crippen LogP contribution in [-0.4, -0.2) is 56.0 Å². The molecular formula is C21H19NO9. The highest BCUT2D eigenvalue weighted by molar-refractivity contribution is 5.94. The van der Waals surface area contributed by atoms with E-state index >= 15 is 0 Å². The fourth-order valence-electron chi connectivity index (χ4n) is 2.23. The van der Waals surface area contributed by atoms with Gasteiger partial charge < -0.3 is 35.6 Å². The Morgan fingerprint density at radius 2 is 1.35 bits per heavy atom. The summed E-state index contributed by atoms with van der Waals surface area (Å²) in [7, 11) is 0. The molecule has 6 N–H and O–H groups in total. The second-order valence-electron chi connectivity index (χ2n) is 6.19. The smallest absolute Gasteiger partial charge is 0.330 e. The monoisotopic (exact) mass is 429 g/mol. The Labute approximate surface area is 176 Å². The fraction of sp³-hybridized carbons (Fsp3) is 0.0952. The molecule has 0 spiro atoms. The number of rotatable bonds is 8. The first-order chi connectivity index (χ1) is 14.7. The maximum absolute atomic E-state index is 11.9. The lowest BCUT2D eigenvalue weighted by Gasteiger charge is -2.12. The van der Waals surface area contributed by atoms with Crippen molar-refractivity contribution in [3.8, 4) is 23.0 Å². The van der Waals surface area contributed by atoms with Gasteiger partial charge in [0.05, 0.1) is 0 Å². The number of nitrogens with one attached hydrogen (secondary N) is 1. The van der Waals surface area contributed by atoms with Crippen LogP contribution in [-0.2, 0) is 19.1 Å². The molecule has 2 aromatic rings. The molecule has 0 aliphatic carbocycles. The van der Waals surface area contributed by atoms with Gasteiger partial charge in [-0.25, -0.2) is 9.59 Å². The van der Waals surface area contributed by atoms with Gasteiger partial charge >= 0.3 is 11.9 Å². The average Bonchev–Trinajstić information content (AvgIpc) is 2.72. The molecule has 0 saturated carbocycles. The van der Waals surface area contributed by atoms with Crippen molar-refractivity contribution >= 4 is 30.0 Å². The fourth-order valence-corrected chi connectivity index (χ4v) is 2.23. The first-order valence-electron chi connectivity index (χ1n) is 8.76. The number of phenolic OH excluding ortho intramolecular Hbond substituents is 4. The number of carbonyl (C=O) groups excluding carboxylic acids is 2. The van der Waals surface area contributed by atoms with Gasteiger partial charge in [-0.2, -0.15) is 0 Å². The minimum Gasteiger partial charge on any atom is -0.504 e. The number of hydrogen-bond donors (Lipinski definition) is 6. The van der Waals surface area contributed by atoms with Crippen LogP contribution >= 0.6 is 0 Å². The highest BCUT2D eigenvalue weighted by Crippen LogP contribution is 2.26. The third-order valence-electron chi connectivity index (χ3n) is 3.84. The van der Waals surface area contributed by atoms with Gasteiger partial charge in [0, 0.05) is 12.2 Å².